The molecule has 1 aromatic rings. The first kappa shape index (κ1) is 11.2. The summed E-state index contributed by atoms with van der Waals surface area (Å²) >= 11 is 0. The fraction of sp³-hybridized carbons (Fsp3) is 0.273. The summed E-state index contributed by atoms with van der Waals surface area (Å²) in [5, 5.41) is 11.5. The number of carbonyl (C=O) groups excluding carboxylic acids is 1. The van der Waals surface area contributed by atoms with E-state index in [1.807, 2.05) is 6.07 Å². The van der Waals surface area contributed by atoms with E-state index in [4.69, 9.17) is 11.0 Å². The minimum absolute atomic E-state index is 0.220. The van der Waals surface area contributed by atoms with E-state index in [0.717, 1.165) is 5.56 Å². The standard InChI is InChI=1S/C11H13N3O/c1-8(13)11(15)14-7-10-5-3-2-4-9(10)6-12/h2-5,8H,7,13H2,1H3,(H,14,15). The normalized spacial score (nSPS) is 11.5. The van der Waals surface area contributed by atoms with Crippen LogP contribution in [0.2, 0.25) is 0 Å². The molecule has 0 aromatic heterocycles. The van der Waals surface area contributed by atoms with Gasteiger partial charge in [-0.2, -0.15) is 5.26 Å². The Morgan fingerprint density at radius 1 is 1.60 bits per heavy atom. The second kappa shape index (κ2) is 5.13. The molecule has 3 N–H and O–H groups in total. The summed E-state index contributed by atoms with van der Waals surface area (Å²) in [6, 6.07) is 8.67. The van der Waals surface area contributed by atoms with Gasteiger partial charge >= 0.3 is 0 Å². The van der Waals surface area contributed by atoms with Gasteiger partial charge in [-0.15, -0.1) is 0 Å². The summed E-state index contributed by atoms with van der Waals surface area (Å²) in [6.45, 7) is 1.95. The summed E-state index contributed by atoms with van der Waals surface area (Å²) < 4.78 is 0. The van der Waals surface area contributed by atoms with Crippen LogP contribution < -0.4 is 11.1 Å². The number of hydrogen-bond acceptors (Lipinski definition) is 3. The number of hydrogen-bond donors (Lipinski definition) is 2. The topological polar surface area (TPSA) is 78.9 Å². The van der Waals surface area contributed by atoms with Gasteiger partial charge in [0.25, 0.3) is 0 Å². The number of carbonyl (C=O) groups is 1. The van der Waals surface area contributed by atoms with E-state index in [-0.39, 0.29) is 5.91 Å². The maximum atomic E-state index is 11.2. The number of rotatable bonds is 3. The third-order valence-corrected chi connectivity index (χ3v) is 2.00. The number of amides is 1. The van der Waals surface area contributed by atoms with Crippen molar-refractivity contribution in [2.24, 2.45) is 5.73 Å². The molecule has 1 atom stereocenters. The SMILES string of the molecule is CC(N)C(=O)NCc1ccccc1C#N. The molecule has 1 unspecified atom stereocenters. The van der Waals surface area contributed by atoms with Gasteiger partial charge in [-0.3, -0.25) is 4.79 Å². The highest BCUT2D eigenvalue weighted by atomic mass is 16.2. The van der Waals surface area contributed by atoms with Crippen molar-refractivity contribution in [3.05, 3.63) is 35.4 Å². The third-order valence-electron chi connectivity index (χ3n) is 2.00. The van der Waals surface area contributed by atoms with Crippen molar-refractivity contribution < 1.29 is 4.79 Å². The van der Waals surface area contributed by atoms with Crippen LogP contribution in [0.15, 0.2) is 24.3 Å². The molecule has 0 spiro atoms. The first-order valence-corrected chi connectivity index (χ1v) is 4.66. The molecule has 15 heavy (non-hydrogen) atoms. The zero-order valence-electron chi connectivity index (χ0n) is 8.53. The lowest BCUT2D eigenvalue weighted by Gasteiger charge is -2.08. The Hall–Kier alpha value is -1.86. The van der Waals surface area contributed by atoms with Gasteiger partial charge in [-0.05, 0) is 18.6 Å². The first-order chi connectivity index (χ1) is 7.15. The molecular weight excluding hydrogens is 190 g/mol. The molecule has 0 bridgehead atoms. The summed E-state index contributed by atoms with van der Waals surface area (Å²) in [6.07, 6.45) is 0. The van der Waals surface area contributed by atoms with Gasteiger partial charge in [0.05, 0.1) is 17.7 Å². The number of nitriles is 1. The van der Waals surface area contributed by atoms with Crippen LogP contribution in [0.25, 0.3) is 0 Å². The number of nitrogens with two attached hydrogens (primary N) is 1. The van der Waals surface area contributed by atoms with Crippen LogP contribution in [0.3, 0.4) is 0 Å². The average Bonchev–Trinajstić information content (AvgIpc) is 2.26. The van der Waals surface area contributed by atoms with Crippen molar-refractivity contribution in [3.63, 3.8) is 0 Å². The maximum absolute atomic E-state index is 11.2. The molecule has 0 fully saturated rings. The lowest BCUT2D eigenvalue weighted by molar-refractivity contribution is -0.122. The molecule has 0 saturated carbocycles. The monoisotopic (exact) mass is 203 g/mol. The summed E-state index contributed by atoms with van der Waals surface area (Å²) in [4.78, 5) is 11.2. The van der Waals surface area contributed by atoms with E-state index in [1.165, 1.54) is 0 Å². The Morgan fingerprint density at radius 3 is 2.87 bits per heavy atom. The molecule has 1 rings (SSSR count). The van der Waals surface area contributed by atoms with E-state index in [1.54, 1.807) is 25.1 Å². The van der Waals surface area contributed by atoms with Crippen LogP contribution in [0.4, 0.5) is 0 Å². The lowest BCUT2D eigenvalue weighted by Crippen LogP contribution is -2.37. The molecule has 0 aliphatic heterocycles. The molecule has 0 radical (unpaired) electrons. The molecule has 78 valence electrons. The molecule has 0 aliphatic carbocycles. The number of nitrogens with zero attached hydrogens (tertiary/aromatic N) is 1. The molecule has 0 aliphatic rings. The quantitative estimate of drug-likeness (QED) is 0.751. The van der Waals surface area contributed by atoms with Crippen molar-refractivity contribution >= 4 is 5.91 Å². The van der Waals surface area contributed by atoms with Gasteiger partial charge in [0.1, 0.15) is 0 Å². The smallest absolute Gasteiger partial charge is 0.236 e. The van der Waals surface area contributed by atoms with Crippen molar-refractivity contribution in [2.45, 2.75) is 19.5 Å². The van der Waals surface area contributed by atoms with E-state index < -0.39 is 6.04 Å². The van der Waals surface area contributed by atoms with Gasteiger partial charge in [0, 0.05) is 6.54 Å². The summed E-state index contributed by atoms with van der Waals surface area (Å²) in [7, 11) is 0. The Kier molecular flexibility index (Phi) is 3.83. The van der Waals surface area contributed by atoms with Crippen molar-refractivity contribution in [1.29, 1.82) is 5.26 Å². The molecule has 1 amide bonds. The second-order valence-electron chi connectivity index (χ2n) is 3.28. The van der Waals surface area contributed by atoms with Crippen LogP contribution in [0.5, 0.6) is 0 Å². The zero-order chi connectivity index (χ0) is 11.3. The van der Waals surface area contributed by atoms with Gasteiger partial charge in [0.2, 0.25) is 5.91 Å². The van der Waals surface area contributed by atoms with Crippen LogP contribution in [-0.2, 0) is 11.3 Å². The van der Waals surface area contributed by atoms with Crippen molar-refractivity contribution in [1.82, 2.24) is 5.32 Å². The van der Waals surface area contributed by atoms with Gasteiger partial charge < -0.3 is 11.1 Å². The summed E-state index contributed by atoms with van der Waals surface area (Å²) in [5.74, 6) is -0.220. The lowest BCUT2D eigenvalue weighted by atomic mass is 10.1. The fourth-order valence-corrected chi connectivity index (χ4v) is 1.13. The van der Waals surface area contributed by atoms with Gasteiger partial charge in [0.15, 0.2) is 0 Å². The van der Waals surface area contributed by atoms with E-state index >= 15 is 0 Å². The molecule has 0 saturated heterocycles. The number of nitrogens with one attached hydrogen (secondary N) is 1. The summed E-state index contributed by atoms with van der Waals surface area (Å²) in [5.41, 5.74) is 6.77. The van der Waals surface area contributed by atoms with E-state index in [2.05, 4.69) is 11.4 Å². The predicted molar refractivity (Wildman–Crippen MR) is 56.7 cm³/mol. The molecule has 0 heterocycles. The van der Waals surface area contributed by atoms with Gasteiger partial charge in [-0.1, -0.05) is 18.2 Å². The Morgan fingerprint density at radius 2 is 2.27 bits per heavy atom. The average molecular weight is 203 g/mol. The van der Waals surface area contributed by atoms with Crippen molar-refractivity contribution in [2.75, 3.05) is 0 Å². The fourth-order valence-electron chi connectivity index (χ4n) is 1.13. The van der Waals surface area contributed by atoms with Crippen LogP contribution in [0, 0.1) is 11.3 Å². The molecule has 1 aromatic carbocycles. The minimum atomic E-state index is -0.528. The van der Waals surface area contributed by atoms with Crippen LogP contribution in [-0.4, -0.2) is 11.9 Å². The van der Waals surface area contributed by atoms with E-state index in [0.29, 0.717) is 12.1 Å². The Labute approximate surface area is 88.7 Å². The second-order valence-corrected chi connectivity index (χ2v) is 3.28. The predicted octanol–water partition coefficient (Wildman–Crippen LogP) is 0.522. The Bertz CT molecular complexity index is 393. The van der Waals surface area contributed by atoms with Crippen LogP contribution >= 0.6 is 0 Å². The minimum Gasteiger partial charge on any atom is -0.351 e. The molecular formula is C11H13N3O. The highest BCUT2D eigenvalue weighted by Crippen LogP contribution is 2.06. The van der Waals surface area contributed by atoms with Crippen LogP contribution in [0.1, 0.15) is 18.1 Å². The number of benzene rings is 1. The van der Waals surface area contributed by atoms with E-state index in [9.17, 15) is 4.79 Å². The maximum Gasteiger partial charge on any atom is 0.236 e. The molecule has 4 heteroatoms. The highest BCUT2D eigenvalue weighted by molar-refractivity contribution is 5.80. The van der Waals surface area contributed by atoms with Gasteiger partial charge in [-0.25, -0.2) is 0 Å². The third kappa shape index (κ3) is 3.08. The zero-order valence-corrected chi connectivity index (χ0v) is 8.53. The largest absolute Gasteiger partial charge is 0.351 e. The highest BCUT2D eigenvalue weighted by Gasteiger charge is 2.07. The Balaban J connectivity index is 2.66. The molecule has 4 nitrogen and oxygen atoms in total. The first-order valence-electron chi connectivity index (χ1n) is 4.66. The van der Waals surface area contributed by atoms with Crippen molar-refractivity contribution in [3.8, 4) is 6.07 Å².